The number of hydrogen-bond acceptors (Lipinski definition) is 4. The number of thiazole rings is 1. The van der Waals surface area contributed by atoms with Crippen LogP contribution in [0.25, 0.3) is 0 Å². The Bertz CT molecular complexity index is 713. The predicted octanol–water partition coefficient (Wildman–Crippen LogP) is 2.28. The van der Waals surface area contributed by atoms with Crippen molar-refractivity contribution in [1.29, 1.82) is 0 Å². The van der Waals surface area contributed by atoms with Crippen LogP contribution in [0.1, 0.15) is 23.7 Å². The van der Waals surface area contributed by atoms with Gasteiger partial charge in [-0.15, -0.1) is 0 Å². The molecule has 0 unspecified atom stereocenters. The van der Waals surface area contributed by atoms with Gasteiger partial charge in [0.1, 0.15) is 18.9 Å². The van der Waals surface area contributed by atoms with Crippen LogP contribution in [0.2, 0.25) is 0 Å². The van der Waals surface area contributed by atoms with Crippen molar-refractivity contribution in [2.45, 2.75) is 33.7 Å². The Balaban J connectivity index is 1.81. The monoisotopic (exact) mass is 334 g/mol. The summed E-state index contributed by atoms with van der Waals surface area (Å²) in [5.74, 6) is 0.689. The summed E-state index contributed by atoms with van der Waals surface area (Å²) in [6.45, 7) is 6.83. The molecule has 6 heteroatoms. The molecule has 23 heavy (non-hydrogen) atoms. The first-order chi connectivity index (χ1) is 11.0. The number of para-hydroxylation sites is 1. The second-order valence-corrected chi connectivity index (χ2v) is 6.17. The smallest absolute Gasteiger partial charge is 0.307 e. The van der Waals surface area contributed by atoms with Crippen LogP contribution in [0.3, 0.4) is 0 Å². The fourth-order valence-electron chi connectivity index (χ4n) is 2.37. The van der Waals surface area contributed by atoms with E-state index in [0.717, 1.165) is 40.3 Å². The minimum atomic E-state index is -0.176. The van der Waals surface area contributed by atoms with Crippen LogP contribution >= 0.6 is 11.3 Å². The zero-order chi connectivity index (χ0) is 16.8. The highest BCUT2D eigenvalue weighted by atomic mass is 32.1. The Morgan fingerprint density at radius 2 is 2.00 bits per heavy atom. The van der Waals surface area contributed by atoms with Gasteiger partial charge in [0.25, 0.3) is 0 Å². The van der Waals surface area contributed by atoms with E-state index in [0.29, 0.717) is 13.2 Å². The second-order valence-electron chi connectivity index (χ2n) is 5.35. The summed E-state index contributed by atoms with van der Waals surface area (Å²) >= 11 is 1.13. The average molecular weight is 334 g/mol. The van der Waals surface area contributed by atoms with Crippen molar-refractivity contribution in [2.75, 3.05) is 13.2 Å². The molecular weight excluding hydrogens is 312 g/mol. The fourth-order valence-corrected chi connectivity index (χ4v) is 3.21. The molecule has 124 valence electrons. The number of carbonyl (C=O) groups is 1. The predicted molar refractivity (Wildman–Crippen MR) is 92.4 cm³/mol. The number of nitrogens with zero attached hydrogens (tertiary/aromatic N) is 1. The Kier molecular flexibility index (Phi) is 5.98. The molecular formula is C17H22N2O3S. The van der Waals surface area contributed by atoms with Crippen LogP contribution in [0, 0.1) is 13.8 Å². The van der Waals surface area contributed by atoms with Gasteiger partial charge in [0.2, 0.25) is 5.91 Å². The van der Waals surface area contributed by atoms with E-state index in [1.165, 1.54) is 4.57 Å². The lowest BCUT2D eigenvalue weighted by atomic mass is 10.1. The normalized spacial score (nSPS) is 10.6. The molecule has 0 bridgehead atoms. The van der Waals surface area contributed by atoms with Gasteiger partial charge < -0.3 is 10.1 Å². The molecule has 0 spiro atoms. The molecule has 0 atom stereocenters. The maximum atomic E-state index is 12.0. The van der Waals surface area contributed by atoms with Crippen LogP contribution in [-0.4, -0.2) is 23.6 Å². The quantitative estimate of drug-likeness (QED) is 0.790. The highest BCUT2D eigenvalue weighted by molar-refractivity contribution is 7.07. The minimum Gasteiger partial charge on any atom is -0.491 e. The van der Waals surface area contributed by atoms with E-state index in [2.05, 4.69) is 5.32 Å². The Morgan fingerprint density at radius 1 is 1.30 bits per heavy atom. The molecule has 0 aliphatic rings. The van der Waals surface area contributed by atoms with E-state index in [1.807, 2.05) is 39.0 Å². The second kappa shape index (κ2) is 7.97. The molecule has 0 saturated carbocycles. The third-order valence-electron chi connectivity index (χ3n) is 3.61. The van der Waals surface area contributed by atoms with Crippen molar-refractivity contribution in [3.63, 3.8) is 0 Å². The van der Waals surface area contributed by atoms with Crippen molar-refractivity contribution < 1.29 is 9.53 Å². The summed E-state index contributed by atoms with van der Waals surface area (Å²) in [4.78, 5) is 23.6. The van der Waals surface area contributed by atoms with Gasteiger partial charge in [-0.25, -0.2) is 0 Å². The first-order valence-electron chi connectivity index (χ1n) is 7.65. The van der Waals surface area contributed by atoms with E-state index in [9.17, 15) is 9.59 Å². The molecule has 5 nitrogen and oxygen atoms in total. The number of hydrogen-bond donors (Lipinski definition) is 1. The standard InChI is InChI=1S/C17H22N2O3S/c1-4-14-11-23-17(21)19(14)10-15(20)18-8-9-22-16-12(2)6-5-7-13(16)3/h5-7,11H,4,8-10H2,1-3H3,(H,18,20). The minimum absolute atomic E-state index is 0.0644. The SMILES string of the molecule is CCc1csc(=O)n1CC(=O)NCCOc1c(C)cccc1C. The molecule has 1 aromatic carbocycles. The topological polar surface area (TPSA) is 60.3 Å². The third-order valence-corrected chi connectivity index (χ3v) is 4.42. The molecule has 2 rings (SSSR count). The first kappa shape index (κ1) is 17.3. The van der Waals surface area contributed by atoms with Crippen LogP contribution in [0.4, 0.5) is 0 Å². The van der Waals surface area contributed by atoms with Gasteiger partial charge >= 0.3 is 4.87 Å². The van der Waals surface area contributed by atoms with E-state index >= 15 is 0 Å². The first-order valence-corrected chi connectivity index (χ1v) is 8.53. The number of carbonyl (C=O) groups excluding carboxylic acids is 1. The van der Waals surface area contributed by atoms with E-state index in [1.54, 1.807) is 5.38 Å². The van der Waals surface area contributed by atoms with Crippen LogP contribution < -0.4 is 14.9 Å². The summed E-state index contributed by atoms with van der Waals surface area (Å²) in [6, 6.07) is 5.98. The Labute approximate surface area is 139 Å². The van der Waals surface area contributed by atoms with Gasteiger partial charge in [0, 0.05) is 11.1 Å². The van der Waals surface area contributed by atoms with Gasteiger partial charge in [-0.1, -0.05) is 36.5 Å². The lowest BCUT2D eigenvalue weighted by molar-refractivity contribution is -0.121. The summed E-state index contributed by atoms with van der Waals surface area (Å²) in [5.41, 5.74) is 3.05. The van der Waals surface area contributed by atoms with Crippen molar-refractivity contribution in [3.05, 3.63) is 50.1 Å². The molecule has 0 radical (unpaired) electrons. The molecule has 1 aromatic heterocycles. The van der Waals surface area contributed by atoms with Crippen LogP contribution in [0.5, 0.6) is 5.75 Å². The van der Waals surface area contributed by atoms with Crippen LogP contribution in [0.15, 0.2) is 28.4 Å². The van der Waals surface area contributed by atoms with Crippen molar-refractivity contribution in [2.24, 2.45) is 0 Å². The summed E-state index contributed by atoms with van der Waals surface area (Å²) in [6.07, 6.45) is 0.738. The maximum absolute atomic E-state index is 12.0. The van der Waals surface area contributed by atoms with Gasteiger partial charge in [-0.3, -0.25) is 14.2 Å². The van der Waals surface area contributed by atoms with E-state index in [4.69, 9.17) is 4.74 Å². The maximum Gasteiger partial charge on any atom is 0.307 e. The molecule has 0 fully saturated rings. The average Bonchev–Trinajstić information content (AvgIpc) is 2.86. The fraction of sp³-hybridized carbons (Fsp3) is 0.412. The number of amides is 1. The van der Waals surface area contributed by atoms with Gasteiger partial charge in [0.15, 0.2) is 0 Å². The number of rotatable bonds is 7. The van der Waals surface area contributed by atoms with Crippen molar-refractivity contribution in [3.8, 4) is 5.75 Å². The Morgan fingerprint density at radius 3 is 2.65 bits per heavy atom. The van der Waals surface area contributed by atoms with Gasteiger partial charge in [0.05, 0.1) is 6.54 Å². The number of nitrogens with one attached hydrogen (secondary N) is 1. The molecule has 1 N–H and O–H groups in total. The molecule has 0 aliphatic carbocycles. The summed E-state index contributed by atoms with van der Waals surface area (Å²) < 4.78 is 7.26. The summed E-state index contributed by atoms with van der Waals surface area (Å²) in [5, 5.41) is 4.59. The number of ether oxygens (including phenoxy) is 1. The third kappa shape index (κ3) is 4.45. The lowest BCUT2D eigenvalue weighted by Gasteiger charge is -2.12. The van der Waals surface area contributed by atoms with E-state index < -0.39 is 0 Å². The number of benzene rings is 1. The number of aryl methyl sites for hydroxylation is 3. The molecule has 1 heterocycles. The molecule has 1 amide bonds. The zero-order valence-corrected chi connectivity index (χ0v) is 14.5. The number of aromatic nitrogens is 1. The van der Waals surface area contributed by atoms with Gasteiger partial charge in [-0.2, -0.15) is 0 Å². The van der Waals surface area contributed by atoms with E-state index in [-0.39, 0.29) is 17.3 Å². The van der Waals surface area contributed by atoms with Crippen molar-refractivity contribution in [1.82, 2.24) is 9.88 Å². The highest BCUT2D eigenvalue weighted by Crippen LogP contribution is 2.21. The largest absolute Gasteiger partial charge is 0.491 e. The lowest BCUT2D eigenvalue weighted by Crippen LogP contribution is -2.33. The molecule has 0 aliphatic heterocycles. The Hall–Kier alpha value is -2.08. The van der Waals surface area contributed by atoms with Gasteiger partial charge in [-0.05, 0) is 31.4 Å². The molecule has 2 aromatic rings. The van der Waals surface area contributed by atoms with Crippen molar-refractivity contribution >= 4 is 17.2 Å². The molecule has 0 saturated heterocycles. The van der Waals surface area contributed by atoms with Crippen LogP contribution in [-0.2, 0) is 17.8 Å². The zero-order valence-electron chi connectivity index (χ0n) is 13.7. The highest BCUT2D eigenvalue weighted by Gasteiger charge is 2.09. The summed E-state index contributed by atoms with van der Waals surface area (Å²) in [7, 11) is 0.